The number of amides is 4. The summed E-state index contributed by atoms with van der Waals surface area (Å²) in [7, 11) is 0. The third kappa shape index (κ3) is 5.54. The molecule has 1 saturated heterocycles. The average molecular weight is 490 g/mol. The van der Waals surface area contributed by atoms with Crippen LogP contribution in [0.5, 0.6) is 0 Å². The quantitative estimate of drug-likeness (QED) is 0.288. The van der Waals surface area contributed by atoms with E-state index in [4.69, 9.17) is 23.2 Å². The molecule has 2 aromatic rings. The van der Waals surface area contributed by atoms with Gasteiger partial charge in [-0.25, -0.2) is 4.79 Å². The number of carbonyl (C=O) groups excluding carboxylic acids is 4. The largest absolute Gasteiger partial charge is 0.326 e. The zero-order valence-corrected chi connectivity index (χ0v) is 19.9. The smallest absolute Gasteiger partial charge is 0.325 e. The van der Waals surface area contributed by atoms with E-state index in [-0.39, 0.29) is 10.9 Å². The first-order chi connectivity index (χ1) is 15.7. The molecule has 9 heteroatoms. The van der Waals surface area contributed by atoms with Gasteiger partial charge < -0.3 is 10.6 Å². The summed E-state index contributed by atoms with van der Waals surface area (Å²) in [5.41, 5.74) is -0.128. The number of unbranched alkanes of at least 4 members (excludes halogenated alkanes) is 2. The number of nitrogens with one attached hydrogen (secondary N) is 2. The average Bonchev–Trinajstić information content (AvgIpc) is 2.98. The fraction of sp³-hybridized carbons (Fsp3) is 0.333. The molecule has 1 aliphatic heterocycles. The fourth-order valence-electron chi connectivity index (χ4n) is 3.65. The van der Waals surface area contributed by atoms with Crippen molar-refractivity contribution >= 4 is 52.5 Å². The Kier molecular flexibility index (Phi) is 7.76. The van der Waals surface area contributed by atoms with Crippen LogP contribution in [-0.4, -0.2) is 35.1 Å². The van der Waals surface area contributed by atoms with Crippen molar-refractivity contribution in [3.63, 3.8) is 0 Å². The second-order valence-electron chi connectivity index (χ2n) is 8.08. The first-order valence-corrected chi connectivity index (χ1v) is 11.4. The van der Waals surface area contributed by atoms with Gasteiger partial charge in [-0.05, 0) is 49.7 Å². The molecule has 1 heterocycles. The minimum Gasteiger partial charge on any atom is -0.326 e. The number of imide groups is 1. The van der Waals surface area contributed by atoms with Crippen molar-refractivity contribution < 1.29 is 19.2 Å². The second-order valence-corrected chi connectivity index (χ2v) is 8.92. The Bertz CT molecular complexity index is 1090. The van der Waals surface area contributed by atoms with Crippen LogP contribution in [0.15, 0.2) is 42.5 Å². The highest BCUT2D eigenvalue weighted by Crippen LogP contribution is 2.35. The van der Waals surface area contributed by atoms with E-state index in [2.05, 4.69) is 17.6 Å². The Morgan fingerprint density at radius 1 is 1.06 bits per heavy atom. The van der Waals surface area contributed by atoms with E-state index in [1.54, 1.807) is 36.4 Å². The standard InChI is InChI=1S/C24H25Cl2N3O4/c1-3-4-5-6-21(31)27-17-10-7-15(8-11-17)20(30)14-29-22(32)24(2,28-23(29)33)18-12-9-16(25)13-19(18)26/h7-13H,3-6,14H2,1-2H3,(H,27,31)(H,28,33). The van der Waals surface area contributed by atoms with Gasteiger partial charge in [-0.2, -0.15) is 0 Å². The number of benzene rings is 2. The zero-order valence-electron chi connectivity index (χ0n) is 18.4. The van der Waals surface area contributed by atoms with Crippen LogP contribution in [0.2, 0.25) is 10.0 Å². The van der Waals surface area contributed by atoms with Crippen molar-refractivity contribution in [3.8, 4) is 0 Å². The number of anilines is 1. The van der Waals surface area contributed by atoms with Gasteiger partial charge in [-0.15, -0.1) is 0 Å². The molecule has 1 fully saturated rings. The monoisotopic (exact) mass is 489 g/mol. The third-order valence-electron chi connectivity index (χ3n) is 5.54. The Labute approximate surface area is 202 Å². The predicted octanol–water partition coefficient (Wildman–Crippen LogP) is 5.16. The molecule has 0 aromatic heterocycles. The Balaban J connectivity index is 1.67. The lowest BCUT2D eigenvalue weighted by Crippen LogP contribution is -2.41. The van der Waals surface area contributed by atoms with E-state index in [9.17, 15) is 19.2 Å². The van der Waals surface area contributed by atoms with Crippen molar-refractivity contribution in [1.29, 1.82) is 0 Å². The molecule has 2 N–H and O–H groups in total. The number of urea groups is 1. The molecule has 1 atom stereocenters. The minimum absolute atomic E-state index is 0.0815. The molecule has 4 amide bonds. The van der Waals surface area contributed by atoms with Crippen molar-refractivity contribution in [2.45, 2.75) is 45.1 Å². The lowest BCUT2D eigenvalue weighted by molar-refractivity contribution is -0.130. The van der Waals surface area contributed by atoms with Gasteiger partial charge in [0.1, 0.15) is 5.54 Å². The number of nitrogens with zero attached hydrogens (tertiary/aromatic N) is 1. The number of hydrogen-bond donors (Lipinski definition) is 2. The summed E-state index contributed by atoms with van der Waals surface area (Å²) in [6.07, 6.45) is 3.29. The van der Waals surface area contributed by atoms with Crippen LogP contribution >= 0.6 is 23.2 Å². The Hall–Kier alpha value is -2.90. The normalized spacial score (nSPS) is 17.8. The van der Waals surface area contributed by atoms with Gasteiger partial charge in [-0.1, -0.05) is 49.0 Å². The molecule has 0 aliphatic carbocycles. The first kappa shape index (κ1) is 24.7. The summed E-state index contributed by atoms with van der Waals surface area (Å²) in [4.78, 5) is 51.2. The molecule has 0 radical (unpaired) electrons. The van der Waals surface area contributed by atoms with E-state index < -0.39 is 29.8 Å². The topological polar surface area (TPSA) is 95.6 Å². The summed E-state index contributed by atoms with van der Waals surface area (Å²) in [6, 6.07) is 10.3. The van der Waals surface area contributed by atoms with Crippen LogP contribution in [0.1, 0.15) is 55.5 Å². The molecule has 3 rings (SSSR count). The van der Waals surface area contributed by atoms with Crippen molar-refractivity contribution in [1.82, 2.24) is 10.2 Å². The molecule has 1 aliphatic rings. The number of Topliss-reactive ketones (excluding diaryl/α,β-unsaturated/α-hetero) is 1. The molecule has 0 saturated carbocycles. The highest BCUT2D eigenvalue weighted by Gasteiger charge is 2.50. The molecular weight excluding hydrogens is 465 g/mol. The van der Waals surface area contributed by atoms with Crippen LogP contribution in [0.25, 0.3) is 0 Å². The molecular formula is C24H25Cl2N3O4. The van der Waals surface area contributed by atoms with Gasteiger partial charge in [0, 0.05) is 33.3 Å². The van der Waals surface area contributed by atoms with Gasteiger partial charge in [-0.3, -0.25) is 19.3 Å². The lowest BCUT2D eigenvalue weighted by atomic mass is 9.92. The van der Waals surface area contributed by atoms with Crippen molar-refractivity contribution in [2.75, 3.05) is 11.9 Å². The fourth-order valence-corrected chi connectivity index (χ4v) is 4.25. The van der Waals surface area contributed by atoms with Crippen molar-refractivity contribution in [3.05, 3.63) is 63.6 Å². The molecule has 0 bridgehead atoms. The number of halogens is 2. The summed E-state index contributed by atoms with van der Waals surface area (Å²) in [5, 5.41) is 6.05. The molecule has 2 aromatic carbocycles. The maximum Gasteiger partial charge on any atom is 0.325 e. The van der Waals surface area contributed by atoms with Gasteiger partial charge >= 0.3 is 6.03 Å². The zero-order chi connectivity index (χ0) is 24.2. The summed E-state index contributed by atoms with van der Waals surface area (Å²) < 4.78 is 0. The van der Waals surface area contributed by atoms with E-state index >= 15 is 0 Å². The van der Waals surface area contributed by atoms with E-state index in [0.29, 0.717) is 28.3 Å². The van der Waals surface area contributed by atoms with Gasteiger partial charge in [0.2, 0.25) is 5.91 Å². The number of ketones is 1. The Morgan fingerprint density at radius 3 is 2.39 bits per heavy atom. The number of hydrogen-bond acceptors (Lipinski definition) is 4. The van der Waals surface area contributed by atoms with Gasteiger partial charge in [0.25, 0.3) is 5.91 Å². The van der Waals surface area contributed by atoms with Crippen molar-refractivity contribution in [2.24, 2.45) is 0 Å². The van der Waals surface area contributed by atoms with Crippen LogP contribution in [0, 0.1) is 0 Å². The SMILES string of the molecule is CCCCCC(=O)Nc1ccc(C(=O)CN2C(=O)NC(C)(c3ccc(Cl)cc3Cl)C2=O)cc1. The van der Waals surface area contributed by atoms with Crippen LogP contribution in [0.4, 0.5) is 10.5 Å². The van der Waals surface area contributed by atoms with E-state index in [0.717, 1.165) is 24.2 Å². The third-order valence-corrected chi connectivity index (χ3v) is 6.09. The maximum atomic E-state index is 13.1. The molecule has 1 unspecified atom stereocenters. The van der Waals surface area contributed by atoms with Gasteiger partial charge in [0.15, 0.2) is 5.78 Å². The van der Waals surface area contributed by atoms with Crippen LogP contribution in [-0.2, 0) is 15.1 Å². The number of rotatable bonds is 9. The maximum absolute atomic E-state index is 13.1. The van der Waals surface area contributed by atoms with Crippen LogP contribution < -0.4 is 10.6 Å². The number of carbonyl (C=O) groups is 4. The second kappa shape index (κ2) is 10.4. The highest BCUT2D eigenvalue weighted by molar-refractivity contribution is 6.35. The molecule has 7 nitrogen and oxygen atoms in total. The van der Waals surface area contributed by atoms with Gasteiger partial charge in [0.05, 0.1) is 6.54 Å². The highest BCUT2D eigenvalue weighted by atomic mass is 35.5. The summed E-state index contributed by atoms with van der Waals surface area (Å²) in [6.45, 7) is 3.18. The lowest BCUT2D eigenvalue weighted by Gasteiger charge is -2.23. The molecule has 174 valence electrons. The summed E-state index contributed by atoms with van der Waals surface area (Å²) >= 11 is 12.2. The first-order valence-electron chi connectivity index (χ1n) is 10.7. The predicted molar refractivity (Wildman–Crippen MR) is 128 cm³/mol. The Morgan fingerprint density at radius 2 is 1.76 bits per heavy atom. The molecule has 33 heavy (non-hydrogen) atoms. The van der Waals surface area contributed by atoms with E-state index in [1.165, 1.54) is 13.0 Å². The summed E-state index contributed by atoms with van der Waals surface area (Å²) in [5.74, 6) is -1.08. The minimum atomic E-state index is -1.41. The van der Waals surface area contributed by atoms with Crippen LogP contribution in [0.3, 0.4) is 0 Å². The van der Waals surface area contributed by atoms with E-state index in [1.807, 2.05) is 0 Å². The molecule has 0 spiro atoms.